The van der Waals surface area contributed by atoms with E-state index in [0.29, 0.717) is 46.5 Å². The predicted octanol–water partition coefficient (Wildman–Crippen LogP) is 3.33. The molecule has 0 aliphatic carbocycles. The van der Waals surface area contributed by atoms with Crippen LogP contribution >= 0.6 is 11.3 Å². The highest BCUT2D eigenvalue weighted by Crippen LogP contribution is 2.43. The first-order valence-electron chi connectivity index (χ1n) is 10.3. The fourth-order valence-corrected chi connectivity index (χ4v) is 4.61. The van der Waals surface area contributed by atoms with Crippen molar-refractivity contribution >= 4 is 39.9 Å². The summed E-state index contributed by atoms with van der Waals surface area (Å²) < 4.78 is 15.9. The number of carbonyl (C=O) groups excluding carboxylic acids is 3. The number of ether oxygens (including phenoxy) is 3. The molecule has 0 saturated carbocycles. The quantitative estimate of drug-likeness (QED) is 0.263. The molecule has 10 heteroatoms. The molecule has 0 spiro atoms. The fourth-order valence-electron chi connectivity index (χ4n) is 3.95. The third-order valence-corrected chi connectivity index (χ3v) is 6.30. The number of amides is 1. The van der Waals surface area contributed by atoms with Crippen LogP contribution in [0.15, 0.2) is 59.6 Å². The van der Waals surface area contributed by atoms with Gasteiger partial charge in [-0.05, 0) is 35.9 Å². The summed E-state index contributed by atoms with van der Waals surface area (Å²) in [4.78, 5) is 43.5. The minimum absolute atomic E-state index is 0.0947. The van der Waals surface area contributed by atoms with Gasteiger partial charge < -0.3 is 19.3 Å². The number of anilines is 1. The summed E-state index contributed by atoms with van der Waals surface area (Å²) in [6.45, 7) is 0.775. The Labute approximate surface area is 197 Å². The summed E-state index contributed by atoms with van der Waals surface area (Å²) in [7, 11) is 1.28. The molecule has 0 radical (unpaired) electrons. The van der Waals surface area contributed by atoms with Crippen LogP contribution in [-0.4, -0.2) is 48.1 Å². The van der Waals surface area contributed by atoms with Crippen LogP contribution in [0.25, 0.3) is 5.76 Å². The second-order valence-corrected chi connectivity index (χ2v) is 8.33. The Morgan fingerprint density at radius 3 is 2.47 bits per heavy atom. The predicted molar refractivity (Wildman–Crippen MR) is 122 cm³/mol. The standard InChI is InChI=1S/C24H18N2O7S/c1-31-23(30)14-4-2-13(3-5-14)19-18(21(28)22(29)26(19)24-25-8-11-34-24)20(27)15-6-7-16-17(12-15)33-10-9-32-16/h2-8,11-12,19,27H,9-10H2,1H3. The van der Waals surface area contributed by atoms with E-state index in [1.54, 1.807) is 35.7 Å². The lowest BCUT2D eigenvalue weighted by atomic mass is 9.94. The fraction of sp³-hybridized carbons (Fsp3) is 0.167. The molecule has 1 unspecified atom stereocenters. The van der Waals surface area contributed by atoms with Crippen LogP contribution in [0.3, 0.4) is 0 Å². The Hall–Kier alpha value is -4.18. The minimum Gasteiger partial charge on any atom is -0.507 e. The van der Waals surface area contributed by atoms with E-state index in [2.05, 4.69) is 4.98 Å². The maximum Gasteiger partial charge on any atom is 0.337 e. The molecule has 1 saturated heterocycles. The van der Waals surface area contributed by atoms with E-state index in [9.17, 15) is 19.5 Å². The second-order valence-electron chi connectivity index (χ2n) is 7.46. The van der Waals surface area contributed by atoms with Crippen LogP contribution in [0.2, 0.25) is 0 Å². The van der Waals surface area contributed by atoms with E-state index in [0.717, 1.165) is 0 Å². The molecule has 5 rings (SSSR count). The van der Waals surface area contributed by atoms with Crippen molar-refractivity contribution in [2.75, 3.05) is 25.2 Å². The number of Topliss-reactive ketones (excluding diaryl/α,β-unsaturated/α-hetero) is 1. The zero-order valence-electron chi connectivity index (χ0n) is 17.9. The Bertz CT molecular complexity index is 1320. The molecule has 3 aromatic rings. The van der Waals surface area contributed by atoms with E-state index in [-0.39, 0.29) is 11.3 Å². The van der Waals surface area contributed by atoms with Crippen LogP contribution in [0, 0.1) is 0 Å². The Morgan fingerprint density at radius 2 is 1.79 bits per heavy atom. The molecule has 0 bridgehead atoms. The lowest BCUT2D eigenvalue weighted by Crippen LogP contribution is -2.29. The number of fused-ring (bicyclic) bond motifs is 1. The number of ketones is 1. The molecule has 3 heterocycles. The average molecular weight is 478 g/mol. The highest BCUT2D eigenvalue weighted by molar-refractivity contribution is 7.14. The summed E-state index contributed by atoms with van der Waals surface area (Å²) in [6.07, 6.45) is 1.53. The molecule has 2 aromatic carbocycles. The monoisotopic (exact) mass is 478 g/mol. The van der Waals surface area contributed by atoms with Gasteiger partial charge in [-0.1, -0.05) is 12.1 Å². The topological polar surface area (TPSA) is 115 Å². The molecule has 2 aliphatic heterocycles. The van der Waals surface area contributed by atoms with Gasteiger partial charge in [0.15, 0.2) is 16.6 Å². The smallest absolute Gasteiger partial charge is 0.337 e. The van der Waals surface area contributed by atoms with Gasteiger partial charge >= 0.3 is 11.9 Å². The van der Waals surface area contributed by atoms with E-state index in [1.807, 2.05) is 0 Å². The van der Waals surface area contributed by atoms with Gasteiger partial charge in [0.05, 0.1) is 24.3 Å². The SMILES string of the molecule is COC(=O)c1ccc(C2C(=C(O)c3ccc4c(c3)OCCO4)C(=O)C(=O)N2c2nccs2)cc1. The van der Waals surface area contributed by atoms with Crippen LogP contribution in [-0.2, 0) is 14.3 Å². The third kappa shape index (κ3) is 3.57. The van der Waals surface area contributed by atoms with Crippen molar-refractivity contribution in [3.8, 4) is 11.5 Å². The average Bonchev–Trinajstić information content (AvgIpc) is 3.49. The number of nitrogens with zero attached hydrogens (tertiary/aromatic N) is 2. The van der Waals surface area contributed by atoms with Crippen LogP contribution in [0.5, 0.6) is 11.5 Å². The zero-order valence-corrected chi connectivity index (χ0v) is 18.7. The van der Waals surface area contributed by atoms with Crippen molar-refractivity contribution in [3.05, 3.63) is 76.3 Å². The van der Waals surface area contributed by atoms with E-state index in [4.69, 9.17) is 14.2 Å². The summed E-state index contributed by atoms with van der Waals surface area (Å²) in [5.41, 5.74) is 1.03. The number of benzene rings is 2. The molecular formula is C24H18N2O7S. The number of aromatic nitrogens is 1. The molecule has 1 amide bonds. The maximum atomic E-state index is 13.2. The van der Waals surface area contributed by atoms with Gasteiger partial charge in [-0.2, -0.15) is 0 Å². The number of hydrogen-bond donors (Lipinski definition) is 1. The number of esters is 1. The molecule has 9 nitrogen and oxygen atoms in total. The third-order valence-electron chi connectivity index (χ3n) is 5.53. The number of rotatable bonds is 4. The summed E-state index contributed by atoms with van der Waals surface area (Å²) in [5.74, 6) is -1.56. The first-order valence-corrected chi connectivity index (χ1v) is 11.2. The van der Waals surface area contributed by atoms with Gasteiger partial charge in [-0.15, -0.1) is 11.3 Å². The number of thiazole rings is 1. The first-order chi connectivity index (χ1) is 16.5. The van der Waals surface area contributed by atoms with Crippen molar-refractivity contribution < 1.29 is 33.7 Å². The molecule has 1 aromatic heterocycles. The molecule has 1 N–H and O–H groups in total. The van der Waals surface area contributed by atoms with Gasteiger partial charge in [0, 0.05) is 17.1 Å². The number of carbonyl (C=O) groups is 3. The maximum absolute atomic E-state index is 13.2. The van der Waals surface area contributed by atoms with Gasteiger partial charge in [0.25, 0.3) is 5.78 Å². The number of aliphatic hydroxyl groups excluding tert-OH is 1. The van der Waals surface area contributed by atoms with Gasteiger partial charge in [-0.3, -0.25) is 14.5 Å². The summed E-state index contributed by atoms with van der Waals surface area (Å²) in [6, 6.07) is 10.1. The molecule has 2 aliphatic rings. The van der Waals surface area contributed by atoms with Crippen LogP contribution in [0.1, 0.15) is 27.5 Å². The Morgan fingerprint density at radius 1 is 1.09 bits per heavy atom. The van der Waals surface area contributed by atoms with E-state index in [1.165, 1.54) is 41.7 Å². The Kier molecular flexibility index (Phi) is 5.50. The Balaban J connectivity index is 1.65. The number of hydrogen-bond acceptors (Lipinski definition) is 9. The lowest BCUT2D eigenvalue weighted by Gasteiger charge is -2.23. The first kappa shape index (κ1) is 21.7. The zero-order chi connectivity index (χ0) is 23.8. The molecule has 1 atom stereocenters. The second kappa shape index (κ2) is 8.64. The number of aliphatic hydroxyl groups is 1. The molecular weight excluding hydrogens is 460 g/mol. The van der Waals surface area contributed by atoms with Crippen LogP contribution < -0.4 is 14.4 Å². The summed E-state index contributed by atoms with van der Waals surface area (Å²) >= 11 is 1.19. The molecule has 172 valence electrons. The molecule has 1 fully saturated rings. The van der Waals surface area contributed by atoms with E-state index < -0.39 is 23.7 Å². The van der Waals surface area contributed by atoms with Crippen molar-refractivity contribution in [1.82, 2.24) is 4.98 Å². The van der Waals surface area contributed by atoms with Crippen molar-refractivity contribution in [2.24, 2.45) is 0 Å². The molecule has 34 heavy (non-hydrogen) atoms. The lowest BCUT2D eigenvalue weighted by molar-refractivity contribution is -0.132. The number of methoxy groups -OCH3 is 1. The van der Waals surface area contributed by atoms with Gasteiger partial charge in [0.2, 0.25) is 0 Å². The normalized spacial score (nSPS) is 18.7. The van der Waals surface area contributed by atoms with Crippen molar-refractivity contribution in [3.63, 3.8) is 0 Å². The minimum atomic E-state index is -0.953. The largest absolute Gasteiger partial charge is 0.507 e. The highest BCUT2D eigenvalue weighted by Gasteiger charge is 2.48. The van der Waals surface area contributed by atoms with Gasteiger partial charge in [0.1, 0.15) is 19.0 Å². The van der Waals surface area contributed by atoms with Crippen molar-refractivity contribution in [2.45, 2.75) is 6.04 Å². The van der Waals surface area contributed by atoms with E-state index >= 15 is 0 Å². The summed E-state index contributed by atoms with van der Waals surface area (Å²) in [5, 5.41) is 13.2. The van der Waals surface area contributed by atoms with Crippen molar-refractivity contribution in [1.29, 1.82) is 0 Å². The highest BCUT2D eigenvalue weighted by atomic mass is 32.1. The van der Waals surface area contributed by atoms with Gasteiger partial charge in [-0.25, -0.2) is 9.78 Å². The van der Waals surface area contributed by atoms with Crippen LogP contribution in [0.4, 0.5) is 5.13 Å².